The average molecular weight is 437 g/mol. The van der Waals surface area contributed by atoms with Crippen LogP contribution in [0.5, 0.6) is 5.75 Å². The first-order valence-electron chi connectivity index (χ1n) is 10.6. The Labute approximate surface area is 184 Å². The summed E-state index contributed by atoms with van der Waals surface area (Å²) in [5.74, 6) is -3.40. The minimum Gasteiger partial charge on any atom is -0.508 e. The number of fused-ring (bicyclic) bond motifs is 4. The first-order valence-corrected chi connectivity index (χ1v) is 10.6. The SMILES string of the molecule is CC(C)(C)N1C(=O)C2C(Cc3ccc(O)cc3)NC3(C(=O)Nc4ccc(F)cc43)C2C1=O. The number of carbonyl (C=O) groups is 3. The minimum absolute atomic E-state index is 0.119. The zero-order valence-corrected chi connectivity index (χ0v) is 18.0. The van der Waals surface area contributed by atoms with Gasteiger partial charge in [0.2, 0.25) is 17.7 Å². The van der Waals surface area contributed by atoms with Crippen LogP contribution in [0, 0.1) is 17.7 Å². The molecule has 4 atom stereocenters. The van der Waals surface area contributed by atoms with E-state index in [1.165, 1.54) is 23.1 Å². The first-order chi connectivity index (χ1) is 15.0. The van der Waals surface area contributed by atoms with E-state index in [0.29, 0.717) is 17.7 Å². The maximum Gasteiger partial charge on any atom is 0.250 e. The average Bonchev–Trinajstić information content (AvgIpc) is 3.28. The molecule has 2 aromatic carbocycles. The van der Waals surface area contributed by atoms with E-state index in [9.17, 15) is 23.9 Å². The molecule has 3 amide bonds. The molecule has 8 heteroatoms. The molecule has 2 saturated heterocycles. The number of benzene rings is 2. The molecule has 5 rings (SSSR count). The van der Waals surface area contributed by atoms with Gasteiger partial charge < -0.3 is 10.4 Å². The van der Waals surface area contributed by atoms with Gasteiger partial charge >= 0.3 is 0 Å². The van der Waals surface area contributed by atoms with Crippen LogP contribution in [0.15, 0.2) is 42.5 Å². The van der Waals surface area contributed by atoms with Crippen molar-refractivity contribution in [3.05, 3.63) is 59.4 Å². The number of hydrogen-bond donors (Lipinski definition) is 3. The molecule has 3 aliphatic heterocycles. The van der Waals surface area contributed by atoms with Gasteiger partial charge in [0.05, 0.1) is 11.8 Å². The fourth-order valence-electron chi connectivity index (χ4n) is 5.50. The Morgan fingerprint density at radius 2 is 1.75 bits per heavy atom. The van der Waals surface area contributed by atoms with Crippen LogP contribution >= 0.6 is 0 Å². The van der Waals surface area contributed by atoms with Crippen LogP contribution in [-0.4, -0.2) is 39.3 Å². The fraction of sp³-hybridized carbons (Fsp3) is 0.375. The summed E-state index contributed by atoms with van der Waals surface area (Å²) in [5.41, 5.74) is -0.674. The second-order valence-electron chi connectivity index (χ2n) is 9.76. The number of phenols is 1. The van der Waals surface area contributed by atoms with E-state index in [1.807, 2.05) is 0 Å². The molecule has 2 fully saturated rings. The van der Waals surface area contributed by atoms with Crippen molar-refractivity contribution in [2.75, 3.05) is 5.32 Å². The van der Waals surface area contributed by atoms with Crippen molar-refractivity contribution in [3.63, 3.8) is 0 Å². The molecule has 0 radical (unpaired) electrons. The summed E-state index contributed by atoms with van der Waals surface area (Å²) in [6.07, 6.45) is 0.359. The van der Waals surface area contributed by atoms with Gasteiger partial charge in [-0.25, -0.2) is 4.39 Å². The van der Waals surface area contributed by atoms with E-state index < -0.39 is 46.6 Å². The van der Waals surface area contributed by atoms with Gasteiger partial charge in [0.25, 0.3) is 0 Å². The standard InChI is InChI=1S/C24H24FN3O4/c1-23(2,3)28-20(30)18-17(10-12-4-7-14(29)8-5-12)27-24(19(18)21(28)31)15-11-13(25)6-9-16(15)26-22(24)32/h4-9,11,17-19,27,29H,10H2,1-3H3,(H,26,32). The van der Waals surface area contributed by atoms with Gasteiger partial charge in [-0.15, -0.1) is 0 Å². The third kappa shape index (κ3) is 2.72. The normalized spacial score (nSPS) is 28.9. The first kappa shape index (κ1) is 20.6. The molecule has 0 aromatic heterocycles. The van der Waals surface area contributed by atoms with Crippen LogP contribution in [0.2, 0.25) is 0 Å². The molecule has 3 heterocycles. The molecule has 166 valence electrons. The minimum atomic E-state index is -1.53. The summed E-state index contributed by atoms with van der Waals surface area (Å²) in [5, 5.41) is 15.7. The number of imide groups is 1. The summed E-state index contributed by atoms with van der Waals surface area (Å²) in [7, 11) is 0. The lowest BCUT2D eigenvalue weighted by molar-refractivity contribution is -0.147. The Morgan fingerprint density at radius 3 is 2.41 bits per heavy atom. The van der Waals surface area contributed by atoms with E-state index in [2.05, 4.69) is 10.6 Å². The number of likely N-dealkylation sites (tertiary alicyclic amines) is 1. The van der Waals surface area contributed by atoms with E-state index in [0.717, 1.165) is 5.56 Å². The molecular weight excluding hydrogens is 413 g/mol. The highest BCUT2D eigenvalue weighted by molar-refractivity contribution is 6.15. The van der Waals surface area contributed by atoms with Gasteiger partial charge in [-0.2, -0.15) is 0 Å². The second-order valence-corrected chi connectivity index (χ2v) is 9.76. The molecule has 32 heavy (non-hydrogen) atoms. The molecule has 4 unspecified atom stereocenters. The highest BCUT2D eigenvalue weighted by Crippen LogP contribution is 2.54. The van der Waals surface area contributed by atoms with Crippen molar-refractivity contribution in [2.45, 2.75) is 44.3 Å². The molecule has 0 aliphatic carbocycles. The third-order valence-electron chi connectivity index (χ3n) is 6.74. The van der Waals surface area contributed by atoms with Crippen molar-refractivity contribution in [1.29, 1.82) is 0 Å². The Bertz CT molecular complexity index is 1160. The summed E-state index contributed by atoms with van der Waals surface area (Å²) in [4.78, 5) is 41.8. The van der Waals surface area contributed by atoms with Crippen LogP contribution in [0.4, 0.5) is 10.1 Å². The number of phenolic OH excluding ortho intramolecular Hbond substituents is 1. The van der Waals surface area contributed by atoms with Gasteiger partial charge in [-0.1, -0.05) is 12.1 Å². The second kappa shape index (κ2) is 6.62. The van der Waals surface area contributed by atoms with Crippen molar-refractivity contribution in [2.24, 2.45) is 11.8 Å². The smallest absolute Gasteiger partial charge is 0.250 e. The molecule has 0 saturated carbocycles. The van der Waals surface area contributed by atoms with Crippen LogP contribution in [-0.2, 0) is 26.3 Å². The number of aromatic hydroxyl groups is 1. The van der Waals surface area contributed by atoms with Crippen LogP contribution < -0.4 is 10.6 Å². The van der Waals surface area contributed by atoms with Gasteiger partial charge in [0.1, 0.15) is 17.1 Å². The summed E-state index contributed by atoms with van der Waals surface area (Å²) < 4.78 is 14.2. The maximum atomic E-state index is 14.2. The van der Waals surface area contributed by atoms with Gasteiger partial charge in [0, 0.05) is 22.8 Å². The fourth-order valence-corrected chi connectivity index (χ4v) is 5.50. The number of anilines is 1. The van der Waals surface area contributed by atoms with Crippen LogP contribution in [0.1, 0.15) is 31.9 Å². The highest BCUT2D eigenvalue weighted by Gasteiger charge is 2.71. The molecular formula is C24H24FN3O4. The van der Waals surface area contributed by atoms with Crippen LogP contribution in [0.25, 0.3) is 0 Å². The lowest BCUT2D eigenvalue weighted by Gasteiger charge is -2.34. The number of amides is 3. The van der Waals surface area contributed by atoms with Crippen LogP contribution in [0.3, 0.4) is 0 Å². The lowest BCUT2D eigenvalue weighted by atomic mass is 9.76. The molecule has 2 aromatic rings. The lowest BCUT2D eigenvalue weighted by Crippen LogP contribution is -2.56. The number of halogens is 1. The zero-order valence-electron chi connectivity index (χ0n) is 18.0. The molecule has 7 nitrogen and oxygen atoms in total. The Hall–Kier alpha value is -3.26. The molecule has 1 spiro atoms. The Balaban J connectivity index is 1.66. The third-order valence-corrected chi connectivity index (χ3v) is 6.74. The molecule has 3 aliphatic rings. The van der Waals surface area contributed by atoms with Gasteiger partial charge in [-0.3, -0.25) is 24.6 Å². The summed E-state index contributed by atoms with van der Waals surface area (Å²) >= 11 is 0. The van der Waals surface area contributed by atoms with E-state index >= 15 is 0 Å². The van der Waals surface area contributed by atoms with Crippen molar-refractivity contribution in [3.8, 4) is 5.75 Å². The zero-order chi connectivity index (χ0) is 23.0. The number of nitrogens with one attached hydrogen (secondary N) is 2. The van der Waals surface area contributed by atoms with Gasteiger partial charge in [-0.05, 0) is 63.1 Å². The van der Waals surface area contributed by atoms with Crippen molar-refractivity contribution < 1.29 is 23.9 Å². The largest absolute Gasteiger partial charge is 0.508 e. The number of rotatable bonds is 2. The van der Waals surface area contributed by atoms with E-state index in [-0.39, 0.29) is 11.7 Å². The van der Waals surface area contributed by atoms with Gasteiger partial charge in [0.15, 0.2) is 0 Å². The summed E-state index contributed by atoms with van der Waals surface area (Å²) in [6.45, 7) is 5.34. The highest BCUT2D eigenvalue weighted by atomic mass is 19.1. The predicted molar refractivity (Wildman–Crippen MR) is 114 cm³/mol. The molecule has 0 bridgehead atoms. The van der Waals surface area contributed by atoms with E-state index in [1.54, 1.807) is 45.0 Å². The van der Waals surface area contributed by atoms with Crippen molar-refractivity contribution in [1.82, 2.24) is 10.2 Å². The Morgan fingerprint density at radius 1 is 1.06 bits per heavy atom. The Kier molecular flexibility index (Phi) is 4.27. The number of hydrogen-bond acceptors (Lipinski definition) is 5. The summed E-state index contributed by atoms with van der Waals surface area (Å²) in [6, 6.07) is 10.0. The quantitative estimate of drug-likeness (QED) is 0.627. The predicted octanol–water partition coefficient (Wildman–Crippen LogP) is 2.29. The van der Waals surface area contributed by atoms with Crippen molar-refractivity contribution >= 4 is 23.4 Å². The van der Waals surface area contributed by atoms with E-state index in [4.69, 9.17) is 0 Å². The monoisotopic (exact) mass is 437 g/mol. The number of carbonyl (C=O) groups excluding carboxylic acids is 3. The maximum absolute atomic E-state index is 14.2. The topological polar surface area (TPSA) is 98.7 Å². The molecule has 3 N–H and O–H groups in total. The number of nitrogens with zero attached hydrogens (tertiary/aromatic N) is 1.